The van der Waals surface area contributed by atoms with Crippen LogP contribution in [0.5, 0.6) is 5.75 Å². The smallest absolute Gasteiger partial charge is 0.137 e. The minimum Gasteiger partial charge on any atom is -0.492 e. The molecule has 2 unspecified atom stereocenters. The van der Waals surface area contributed by atoms with Gasteiger partial charge in [-0.15, -0.1) is 0 Å². The number of aromatic nitrogens is 1. The van der Waals surface area contributed by atoms with Crippen LogP contribution in [0.4, 0.5) is 0 Å². The largest absolute Gasteiger partial charge is 0.492 e. The fourth-order valence-corrected chi connectivity index (χ4v) is 3.01. The third kappa shape index (κ3) is 3.47. The molecule has 0 bridgehead atoms. The van der Waals surface area contributed by atoms with Gasteiger partial charge in [-0.3, -0.25) is 4.98 Å². The second-order valence-electron chi connectivity index (χ2n) is 5.58. The lowest BCUT2D eigenvalue weighted by Crippen LogP contribution is -2.25. The molecule has 0 saturated heterocycles. The van der Waals surface area contributed by atoms with Crippen molar-refractivity contribution >= 4 is 0 Å². The van der Waals surface area contributed by atoms with Crippen LogP contribution < -0.4 is 4.74 Å². The van der Waals surface area contributed by atoms with Crippen molar-refractivity contribution in [1.82, 2.24) is 4.98 Å². The molecule has 106 valence electrons. The van der Waals surface area contributed by atoms with Gasteiger partial charge in [0.25, 0.3) is 0 Å². The first-order chi connectivity index (χ1) is 9.18. The van der Waals surface area contributed by atoms with Crippen LogP contribution in [0.25, 0.3) is 0 Å². The maximum Gasteiger partial charge on any atom is 0.137 e. The Labute approximate surface area is 116 Å². The number of hydrogen-bond acceptors (Lipinski definition) is 3. The topological polar surface area (TPSA) is 42.4 Å². The highest BCUT2D eigenvalue weighted by Crippen LogP contribution is 2.39. The Morgan fingerprint density at radius 1 is 1.32 bits per heavy atom. The van der Waals surface area contributed by atoms with Gasteiger partial charge in [0.05, 0.1) is 18.4 Å². The van der Waals surface area contributed by atoms with E-state index in [0.717, 1.165) is 42.9 Å². The van der Waals surface area contributed by atoms with Crippen LogP contribution in [0.3, 0.4) is 0 Å². The van der Waals surface area contributed by atoms with Crippen LogP contribution in [0.2, 0.25) is 0 Å². The van der Waals surface area contributed by atoms with E-state index in [1.165, 1.54) is 12.8 Å². The number of ether oxygens (including phenoxy) is 1. The van der Waals surface area contributed by atoms with Crippen LogP contribution in [-0.4, -0.2) is 16.7 Å². The summed E-state index contributed by atoms with van der Waals surface area (Å²) in [5, 5.41) is 10.9. The quantitative estimate of drug-likeness (QED) is 0.843. The molecule has 19 heavy (non-hydrogen) atoms. The van der Waals surface area contributed by atoms with Gasteiger partial charge in [-0.05, 0) is 44.6 Å². The van der Waals surface area contributed by atoms with E-state index in [9.17, 15) is 5.11 Å². The van der Waals surface area contributed by atoms with Crippen molar-refractivity contribution in [2.75, 3.05) is 6.61 Å². The second-order valence-corrected chi connectivity index (χ2v) is 5.58. The van der Waals surface area contributed by atoms with Gasteiger partial charge in [-0.2, -0.15) is 0 Å². The molecule has 2 atom stereocenters. The third-order valence-electron chi connectivity index (χ3n) is 4.31. The van der Waals surface area contributed by atoms with Crippen LogP contribution in [-0.2, 0) is 5.60 Å². The molecular formula is C16H25NO2. The fourth-order valence-electron chi connectivity index (χ4n) is 3.01. The lowest BCUT2D eigenvalue weighted by atomic mass is 9.87. The molecule has 1 fully saturated rings. The van der Waals surface area contributed by atoms with Crippen LogP contribution in [0.15, 0.2) is 18.5 Å². The zero-order valence-electron chi connectivity index (χ0n) is 12.1. The molecule has 1 aliphatic rings. The normalized spacial score (nSPS) is 27.8. The Morgan fingerprint density at radius 2 is 2.16 bits per heavy atom. The van der Waals surface area contributed by atoms with E-state index in [-0.39, 0.29) is 0 Å². The molecule has 0 spiro atoms. The molecule has 2 rings (SSSR count). The monoisotopic (exact) mass is 263 g/mol. The lowest BCUT2D eigenvalue weighted by molar-refractivity contribution is 0.0190. The summed E-state index contributed by atoms with van der Waals surface area (Å²) in [6.07, 6.45) is 9.81. The van der Waals surface area contributed by atoms with Crippen molar-refractivity contribution in [3.05, 3.63) is 24.0 Å². The first-order valence-corrected chi connectivity index (χ1v) is 7.48. The van der Waals surface area contributed by atoms with Crippen molar-refractivity contribution in [1.29, 1.82) is 0 Å². The van der Waals surface area contributed by atoms with E-state index < -0.39 is 5.60 Å². The molecule has 1 aromatic heterocycles. The van der Waals surface area contributed by atoms with Crippen molar-refractivity contribution in [2.45, 2.75) is 58.0 Å². The van der Waals surface area contributed by atoms with Gasteiger partial charge in [0, 0.05) is 11.8 Å². The van der Waals surface area contributed by atoms with Crippen LogP contribution in [0, 0.1) is 5.92 Å². The molecule has 1 aromatic rings. The highest BCUT2D eigenvalue weighted by molar-refractivity contribution is 5.28. The van der Waals surface area contributed by atoms with Gasteiger partial charge >= 0.3 is 0 Å². The Kier molecular flexibility index (Phi) is 4.81. The van der Waals surface area contributed by atoms with Crippen molar-refractivity contribution in [3.8, 4) is 5.75 Å². The van der Waals surface area contributed by atoms with Gasteiger partial charge in [-0.25, -0.2) is 0 Å². The Hall–Kier alpha value is -1.09. The fraction of sp³-hybridized carbons (Fsp3) is 0.688. The van der Waals surface area contributed by atoms with Crippen molar-refractivity contribution in [3.63, 3.8) is 0 Å². The molecule has 1 saturated carbocycles. The lowest BCUT2D eigenvalue weighted by Gasteiger charge is -2.27. The number of aliphatic hydroxyl groups is 1. The second kappa shape index (κ2) is 6.38. The minimum absolute atomic E-state index is 0.626. The highest BCUT2D eigenvalue weighted by atomic mass is 16.5. The summed E-state index contributed by atoms with van der Waals surface area (Å²) >= 11 is 0. The molecule has 3 heteroatoms. The molecule has 0 aliphatic heterocycles. The van der Waals surface area contributed by atoms with E-state index >= 15 is 0 Å². The Bertz CT molecular complexity index is 407. The van der Waals surface area contributed by atoms with Gasteiger partial charge < -0.3 is 9.84 Å². The molecule has 0 amide bonds. The van der Waals surface area contributed by atoms with E-state index in [2.05, 4.69) is 11.9 Å². The average molecular weight is 263 g/mol. The molecule has 1 heterocycles. The van der Waals surface area contributed by atoms with Crippen molar-refractivity contribution < 1.29 is 9.84 Å². The average Bonchev–Trinajstić information content (AvgIpc) is 2.62. The molecule has 0 radical (unpaired) electrons. The predicted octanol–water partition coefficient (Wildman–Crippen LogP) is 3.66. The number of hydrogen-bond donors (Lipinski definition) is 1. The SMILES string of the molecule is CCOc1cncc(C2(O)CCCC(CC)CC2)c1. The Morgan fingerprint density at radius 3 is 2.89 bits per heavy atom. The van der Waals surface area contributed by atoms with Crippen molar-refractivity contribution in [2.24, 2.45) is 5.92 Å². The standard InChI is InChI=1S/C16H25NO2/c1-3-13-6-5-8-16(18,9-7-13)14-10-15(19-4-2)12-17-11-14/h10-13,18H,3-9H2,1-2H3. The number of pyridine rings is 1. The van der Waals surface area contributed by atoms with Gasteiger partial charge in [0.1, 0.15) is 5.75 Å². The molecule has 3 nitrogen and oxygen atoms in total. The van der Waals surface area contributed by atoms with E-state index in [1.807, 2.05) is 13.0 Å². The summed E-state index contributed by atoms with van der Waals surface area (Å²) in [5.74, 6) is 1.52. The third-order valence-corrected chi connectivity index (χ3v) is 4.31. The zero-order valence-corrected chi connectivity index (χ0v) is 12.1. The summed E-state index contributed by atoms with van der Waals surface area (Å²) in [7, 11) is 0. The number of nitrogens with zero attached hydrogens (tertiary/aromatic N) is 1. The first kappa shape index (κ1) is 14.3. The van der Waals surface area contributed by atoms with Gasteiger partial charge in [0.15, 0.2) is 0 Å². The predicted molar refractivity (Wildman–Crippen MR) is 76.2 cm³/mol. The van der Waals surface area contributed by atoms with Crippen LogP contribution >= 0.6 is 0 Å². The van der Waals surface area contributed by atoms with Crippen LogP contribution in [0.1, 0.15) is 57.9 Å². The summed E-state index contributed by atoms with van der Waals surface area (Å²) in [5.41, 5.74) is 0.194. The van der Waals surface area contributed by atoms with E-state index in [1.54, 1.807) is 12.4 Å². The minimum atomic E-state index is -0.718. The molecule has 1 N–H and O–H groups in total. The molecular weight excluding hydrogens is 238 g/mol. The van der Waals surface area contributed by atoms with E-state index in [0.29, 0.717) is 6.61 Å². The highest BCUT2D eigenvalue weighted by Gasteiger charge is 2.32. The summed E-state index contributed by atoms with van der Waals surface area (Å²) in [6.45, 7) is 4.83. The van der Waals surface area contributed by atoms with Gasteiger partial charge in [-0.1, -0.05) is 19.8 Å². The summed E-state index contributed by atoms with van der Waals surface area (Å²) in [4.78, 5) is 4.21. The van der Waals surface area contributed by atoms with E-state index in [4.69, 9.17) is 4.74 Å². The molecule has 1 aliphatic carbocycles. The first-order valence-electron chi connectivity index (χ1n) is 7.48. The maximum atomic E-state index is 10.9. The Balaban J connectivity index is 2.16. The summed E-state index contributed by atoms with van der Waals surface area (Å²) < 4.78 is 5.48. The zero-order chi connectivity index (χ0) is 13.7. The maximum absolute atomic E-state index is 10.9. The molecule has 0 aromatic carbocycles. The number of rotatable bonds is 4. The van der Waals surface area contributed by atoms with Gasteiger partial charge in [0.2, 0.25) is 0 Å². The summed E-state index contributed by atoms with van der Waals surface area (Å²) in [6, 6.07) is 1.95.